The first-order chi connectivity index (χ1) is 21.7. The Morgan fingerprint density at radius 3 is 2.64 bits per heavy atom. The molecule has 232 valence electrons. The standard InChI is InChI=1S/C31H28F3N7O3S/c1-17-13-21-19(14-35-40(21)22-11-7-8-12-43-22)26(25(17)31(32,33)34)41-29-23(20(15-42)38-41)24-27(39(29)2)36-30(45-3)37-28(24)44-16-18-9-5-4-6-10-18/h4-6,9-10,13-15,22H,7-8,11-12,16H2,1-3H3. The summed E-state index contributed by atoms with van der Waals surface area (Å²) in [6.07, 6.45) is 1.15. The van der Waals surface area contributed by atoms with E-state index in [1.54, 1.807) is 16.3 Å². The monoisotopic (exact) mass is 635 g/mol. The number of benzene rings is 2. The summed E-state index contributed by atoms with van der Waals surface area (Å²) in [5, 5.41) is 10.3. The number of ether oxygens (including phenoxy) is 2. The van der Waals surface area contributed by atoms with Gasteiger partial charge in [0.2, 0.25) is 5.88 Å². The van der Waals surface area contributed by atoms with Crippen molar-refractivity contribution >= 4 is 51.0 Å². The van der Waals surface area contributed by atoms with Crippen LogP contribution in [0.2, 0.25) is 0 Å². The van der Waals surface area contributed by atoms with Crippen molar-refractivity contribution in [3.05, 3.63) is 65.0 Å². The maximum Gasteiger partial charge on any atom is 0.418 e. The lowest BCUT2D eigenvalue weighted by Gasteiger charge is -2.24. The van der Waals surface area contributed by atoms with Gasteiger partial charge in [0.05, 0.1) is 33.7 Å². The average molecular weight is 636 g/mol. The number of nitrogens with zero attached hydrogens (tertiary/aromatic N) is 7. The van der Waals surface area contributed by atoms with E-state index in [-0.39, 0.29) is 40.5 Å². The minimum Gasteiger partial charge on any atom is -0.472 e. The molecule has 0 radical (unpaired) electrons. The zero-order valence-electron chi connectivity index (χ0n) is 24.6. The fourth-order valence-electron chi connectivity index (χ4n) is 6.13. The number of fused-ring (bicyclic) bond motifs is 4. The smallest absolute Gasteiger partial charge is 0.418 e. The molecule has 2 aromatic carbocycles. The Hall–Kier alpha value is -4.43. The van der Waals surface area contributed by atoms with Gasteiger partial charge in [0.15, 0.2) is 23.3 Å². The van der Waals surface area contributed by atoms with E-state index in [1.807, 2.05) is 36.6 Å². The number of hydrogen-bond acceptors (Lipinski definition) is 8. The first-order valence-corrected chi connectivity index (χ1v) is 15.6. The Morgan fingerprint density at radius 2 is 1.96 bits per heavy atom. The van der Waals surface area contributed by atoms with Crippen LogP contribution in [-0.4, -0.2) is 53.2 Å². The molecular formula is C31H28F3N7O3S. The molecule has 5 heterocycles. The topological polar surface area (TPSA) is 102 Å². The molecule has 1 aliphatic rings. The van der Waals surface area contributed by atoms with E-state index < -0.39 is 18.0 Å². The molecule has 0 bridgehead atoms. The molecule has 1 aliphatic heterocycles. The highest BCUT2D eigenvalue weighted by Gasteiger charge is 2.39. The second-order valence-corrected chi connectivity index (χ2v) is 11.7. The van der Waals surface area contributed by atoms with Gasteiger partial charge in [-0.15, -0.1) is 0 Å². The van der Waals surface area contributed by atoms with E-state index in [1.165, 1.54) is 35.6 Å². The Balaban J connectivity index is 1.53. The van der Waals surface area contributed by atoms with E-state index in [0.29, 0.717) is 46.4 Å². The Morgan fingerprint density at radius 1 is 1.16 bits per heavy atom. The first kappa shape index (κ1) is 29.3. The predicted molar refractivity (Wildman–Crippen MR) is 163 cm³/mol. The first-order valence-electron chi connectivity index (χ1n) is 14.4. The third-order valence-electron chi connectivity index (χ3n) is 8.12. The van der Waals surface area contributed by atoms with Crippen LogP contribution in [0.25, 0.3) is 38.7 Å². The van der Waals surface area contributed by atoms with Crippen molar-refractivity contribution in [3.63, 3.8) is 0 Å². The molecule has 7 rings (SSSR count). The summed E-state index contributed by atoms with van der Waals surface area (Å²) in [6, 6.07) is 11.0. The fraction of sp³-hybridized carbons (Fsp3) is 0.323. The Labute approximate surface area is 259 Å². The molecule has 10 nitrogen and oxygen atoms in total. The fourth-order valence-corrected chi connectivity index (χ4v) is 6.48. The molecular weight excluding hydrogens is 607 g/mol. The lowest BCUT2D eigenvalue weighted by molar-refractivity contribution is -0.137. The van der Waals surface area contributed by atoms with E-state index in [4.69, 9.17) is 9.47 Å². The summed E-state index contributed by atoms with van der Waals surface area (Å²) in [6.45, 7) is 2.14. The number of hydrogen-bond donors (Lipinski definition) is 0. The number of thioether (sulfide) groups is 1. The van der Waals surface area contributed by atoms with Gasteiger partial charge in [-0.25, -0.2) is 14.3 Å². The van der Waals surface area contributed by atoms with Gasteiger partial charge in [0.25, 0.3) is 0 Å². The highest BCUT2D eigenvalue weighted by atomic mass is 32.2. The molecule has 0 aliphatic carbocycles. The van der Waals surface area contributed by atoms with Gasteiger partial charge in [0.1, 0.15) is 17.9 Å². The van der Waals surface area contributed by atoms with Crippen molar-refractivity contribution < 1.29 is 27.4 Å². The molecule has 1 fully saturated rings. The number of carbonyl (C=O) groups excluding carboxylic acids is 1. The van der Waals surface area contributed by atoms with Crippen molar-refractivity contribution in [2.75, 3.05) is 12.9 Å². The van der Waals surface area contributed by atoms with Crippen LogP contribution >= 0.6 is 11.8 Å². The minimum absolute atomic E-state index is 0.00558. The van der Waals surface area contributed by atoms with Gasteiger partial charge >= 0.3 is 6.18 Å². The molecule has 4 aromatic heterocycles. The van der Waals surface area contributed by atoms with E-state index in [0.717, 1.165) is 18.4 Å². The van der Waals surface area contributed by atoms with Crippen LogP contribution in [0.5, 0.6) is 5.88 Å². The minimum atomic E-state index is -4.74. The van der Waals surface area contributed by atoms with E-state index in [9.17, 15) is 18.0 Å². The van der Waals surface area contributed by atoms with Gasteiger partial charge in [-0.2, -0.15) is 28.4 Å². The van der Waals surface area contributed by atoms with Gasteiger partial charge in [-0.3, -0.25) is 4.79 Å². The van der Waals surface area contributed by atoms with Gasteiger partial charge in [-0.05, 0) is 49.6 Å². The van der Waals surface area contributed by atoms with Crippen molar-refractivity contribution in [2.45, 2.75) is 50.4 Å². The van der Waals surface area contributed by atoms with Gasteiger partial charge in [0, 0.05) is 19.0 Å². The van der Waals surface area contributed by atoms with Gasteiger partial charge < -0.3 is 14.0 Å². The molecule has 14 heteroatoms. The summed E-state index contributed by atoms with van der Waals surface area (Å²) in [5.41, 5.74) is 0.836. The lowest BCUT2D eigenvalue weighted by Crippen LogP contribution is -2.19. The summed E-state index contributed by atoms with van der Waals surface area (Å²) in [7, 11) is 1.68. The molecule has 1 saturated heterocycles. The third kappa shape index (κ3) is 4.83. The zero-order valence-corrected chi connectivity index (χ0v) is 25.4. The van der Waals surface area contributed by atoms with Crippen molar-refractivity contribution in [1.82, 2.24) is 34.1 Å². The lowest BCUT2D eigenvalue weighted by atomic mass is 10.0. The second kappa shape index (κ2) is 11.2. The van der Waals surface area contributed by atoms with Crippen LogP contribution in [0.15, 0.2) is 47.8 Å². The quantitative estimate of drug-likeness (QED) is 0.107. The average Bonchev–Trinajstić information content (AvgIpc) is 3.72. The number of aldehydes is 1. The Kier molecular flexibility index (Phi) is 7.28. The number of carbonyl (C=O) groups is 1. The van der Waals surface area contributed by atoms with Crippen LogP contribution in [-0.2, 0) is 24.6 Å². The molecule has 0 saturated carbocycles. The van der Waals surface area contributed by atoms with Crippen molar-refractivity contribution in [2.24, 2.45) is 7.05 Å². The number of aryl methyl sites for hydroxylation is 2. The van der Waals surface area contributed by atoms with Gasteiger partial charge in [-0.1, -0.05) is 42.1 Å². The van der Waals surface area contributed by atoms with E-state index >= 15 is 0 Å². The van der Waals surface area contributed by atoms with E-state index in [2.05, 4.69) is 20.2 Å². The number of halogens is 3. The zero-order chi connectivity index (χ0) is 31.5. The van der Waals surface area contributed by atoms with Crippen molar-refractivity contribution in [3.8, 4) is 11.6 Å². The second-order valence-electron chi connectivity index (χ2n) is 10.9. The van der Waals surface area contributed by atoms with Crippen molar-refractivity contribution in [1.29, 1.82) is 0 Å². The summed E-state index contributed by atoms with van der Waals surface area (Å²) >= 11 is 1.30. The molecule has 0 amide bonds. The molecule has 6 aromatic rings. The van der Waals surface area contributed by atoms with Crippen LogP contribution in [0.1, 0.15) is 52.7 Å². The third-order valence-corrected chi connectivity index (χ3v) is 8.67. The number of alkyl halides is 3. The highest BCUT2D eigenvalue weighted by molar-refractivity contribution is 7.98. The number of rotatable bonds is 7. The molecule has 0 N–H and O–H groups in total. The SMILES string of the molecule is CSc1nc(OCc2ccccc2)c2c3c(C=O)nn(-c4c(C(F)(F)F)c(C)cc5c4cnn5C4CCCCO4)c3n(C)c2n1. The molecule has 1 unspecified atom stereocenters. The molecule has 0 spiro atoms. The van der Waals surface area contributed by atoms with Crippen LogP contribution in [0.4, 0.5) is 13.2 Å². The maximum absolute atomic E-state index is 14.9. The van der Waals surface area contributed by atoms with Crippen LogP contribution in [0.3, 0.4) is 0 Å². The normalized spacial score (nSPS) is 15.8. The molecule has 1 atom stereocenters. The summed E-state index contributed by atoms with van der Waals surface area (Å²) in [4.78, 5) is 21.8. The Bertz CT molecular complexity index is 2080. The largest absolute Gasteiger partial charge is 0.472 e. The summed E-state index contributed by atoms with van der Waals surface area (Å²) < 4.78 is 61.2. The van der Waals surface area contributed by atoms with Crippen LogP contribution in [0, 0.1) is 6.92 Å². The summed E-state index contributed by atoms with van der Waals surface area (Å²) in [5.74, 6) is 0.203. The molecule has 45 heavy (non-hydrogen) atoms. The maximum atomic E-state index is 14.9. The van der Waals surface area contributed by atoms with Crippen LogP contribution < -0.4 is 4.74 Å². The highest BCUT2D eigenvalue weighted by Crippen LogP contribution is 2.44. The number of aromatic nitrogens is 7. The predicted octanol–water partition coefficient (Wildman–Crippen LogP) is 6.80.